The summed E-state index contributed by atoms with van der Waals surface area (Å²) < 4.78 is 5.56. The van der Waals surface area contributed by atoms with Crippen molar-refractivity contribution in [3.05, 3.63) is 65.2 Å². The number of carboxylic acid groups (broad SMARTS) is 1. The standard InChI is InChI=1S/C23H29NO4/c1-5-14-28-19-12-8-16(9-13-19)20(15-21(25)26)24-22(27)17-6-10-18(11-7-17)23(2,3)4/h6-13,20H,5,14-15H2,1-4H3,(H,24,27)(H,25,26)/t20-/m1/s1. The van der Waals surface area contributed by atoms with Gasteiger partial charge >= 0.3 is 5.97 Å². The van der Waals surface area contributed by atoms with Gasteiger partial charge in [0, 0.05) is 5.56 Å². The molecular formula is C23H29NO4. The van der Waals surface area contributed by atoms with Crippen LogP contribution in [0.3, 0.4) is 0 Å². The van der Waals surface area contributed by atoms with E-state index in [9.17, 15) is 14.7 Å². The molecule has 1 atom stereocenters. The highest BCUT2D eigenvalue weighted by Crippen LogP contribution is 2.24. The zero-order chi connectivity index (χ0) is 20.7. The average Bonchev–Trinajstić information content (AvgIpc) is 2.65. The van der Waals surface area contributed by atoms with Crippen LogP contribution < -0.4 is 10.1 Å². The number of ether oxygens (including phenoxy) is 1. The lowest BCUT2D eigenvalue weighted by Crippen LogP contribution is -2.30. The van der Waals surface area contributed by atoms with Crippen molar-refractivity contribution in [3.8, 4) is 5.75 Å². The van der Waals surface area contributed by atoms with Crippen LogP contribution in [-0.2, 0) is 10.2 Å². The van der Waals surface area contributed by atoms with Crippen molar-refractivity contribution in [2.24, 2.45) is 0 Å². The molecule has 2 rings (SSSR count). The van der Waals surface area contributed by atoms with Gasteiger partial charge in [-0.15, -0.1) is 0 Å². The lowest BCUT2D eigenvalue weighted by Gasteiger charge is -2.20. The Hall–Kier alpha value is -2.82. The van der Waals surface area contributed by atoms with Crippen LogP contribution in [-0.4, -0.2) is 23.6 Å². The minimum atomic E-state index is -0.973. The van der Waals surface area contributed by atoms with E-state index in [0.717, 1.165) is 23.3 Å². The summed E-state index contributed by atoms with van der Waals surface area (Å²) in [4.78, 5) is 23.9. The monoisotopic (exact) mass is 383 g/mol. The largest absolute Gasteiger partial charge is 0.494 e. The fourth-order valence-corrected chi connectivity index (χ4v) is 2.81. The topological polar surface area (TPSA) is 75.6 Å². The first kappa shape index (κ1) is 21.5. The molecular weight excluding hydrogens is 354 g/mol. The van der Waals surface area contributed by atoms with Gasteiger partial charge in [0.2, 0.25) is 0 Å². The van der Waals surface area contributed by atoms with Crippen molar-refractivity contribution in [3.63, 3.8) is 0 Å². The number of benzene rings is 2. The summed E-state index contributed by atoms with van der Waals surface area (Å²) in [7, 11) is 0. The maximum atomic E-state index is 12.7. The summed E-state index contributed by atoms with van der Waals surface area (Å²) in [6.45, 7) is 8.98. The van der Waals surface area contributed by atoms with E-state index in [0.29, 0.717) is 12.2 Å². The molecule has 0 saturated carbocycles. The highest BCUT2D eigenvalue weighted by Gasteiger charge is 2.20. The van der Waals surface area contributed by atoms with E-state index in [-0.39, 0.29) is 17.7 Å². The van der Waals surface area contributed by atoms with Crippen LogP contribution in [0, 0.1) is 0 Å². The van der Waals surface area contributed by atoms with E-state index in [1.54, 1.807) is 36.4 Å². The Kier molecular flexibility index (Phi) is 7.21. The molecule has 0 heterocycles. The Morgan fingerprint density at radius 3 is 2.14 bits per heavy atom. The number of hydrogen-bond donors (Lipinski definition) is 2. The van der Waals surface area contributed by atoms with Crippen molar-refractivity contribution in [2.45, 2.75) is 52.0 Å². The van der Waals surface area contributed by atoms with Crippen LogP contribution in [0.4, 0.5) is 0 Å². The number of rotatable bonds is 8. The smallest absolute Gasteiger partial charge is 0.305 e. The molecule has 0 fully saturated rings. The van der Waals surface area contributed by atoms with Crippen molar-refractivity contribution >= 4 is 11.9 Å². The van der Waals surface area contributed by atoms with Crippen molar-refractivity contribution in [2.75, 3.05) is 6.61 Å². The first-order valence-corrected chi connectivity index (χ1v) is 9.56. The maximum absolute atomic E-state index is 12.7. The lowest BCUT2D eigenvalue weighted by molar-refractivity contribution is -0.137. The number of carbonyl (C=O) groups is 2. The van der Waals surface area contributed by atoms with Gasteiger partial charge in [-0.1, -0.05) is 52.0 Å². The molecule has 5 heteroatoms. The van der Waals surface area contributed by atoms with E-state index in [4.69, 9.17) is 4.74 Å². The van der Waals surface area contributed by atoms with Crippen LogP contribution in [0.2, 0.25) is 0 Å². The Balaban J connectivity index is 2.15. The number of carbonyl (C=O) groups excluding carboxylic acids is 1. The third kappa shape index (κ3) is 6.12. The molecule has 0 bridgehead atoms. The first-order chi connectivity index (χ1) is 13.2. The molecule has 2 aromatic carbocycles. The number of carboxylic acids is 1. The van der Waals surface area contributed by atoms with Gasteiger partial charge in [-0.2, -0.15) is 0 Å². The molecule has 2 N–H and O–H groups in total. The maximum Gasteiger partial charge on any atom is 0.305 e. The number of aliphatic carboxylic acids is 1. The molecule has 0 spiro atoms. The van der Waals surface area contributed by atoms with Gasteiger partial charge in [-0.3, -0.25) is 9.59 Å². The van der Waals surface area contributed by atoms with Crippen LogP contribution in [0.25, 0.3) is 0 Å². The summed E-state index contributed by atoms with van der Waals surface area (Å²) >= 11 is 0. The van der Waals surface area contributed by atoms with Crippen molar-refractivity contribution in [1.82, 2.24) is 5.32 Å². The van der Waals surface area contributed by atoms with E-state index >= 15 is 0 Å². The summed E-state index contributed by atoms with van der Waals surface area (Å²) in [5.74, 6) is -0.540. The zero-order valence-electron chi connectivity index (χ0n) is 17.0. The molecule has 1 amide bonds. The molecule has 0 unspecified atom stereocenters. The Morgan fingerprint density at radius 2 is 1.64 bits per heavy atom. The predicted molar refractivity (Wildman–Crippen MR) is 110 cm³/mol. The minimum absolute atomic E-state index is 0.00242. The molecule has 0 aromatic heterocycles. The van der Waals surface area contributed by atoms with E-state index in [2.05, 4.69) is 26.1 Å². The van der Waals surface area contributed by atoms with Crippen LogP contribution in [0.5, 0.6) is 5.75 Å². The fraction of sp³-hybridized carbons (Fsp3) is 0.391. The van der Waals surface area contributed by atoms with Gasteiger partial charge in [-0.05, 0) is 47.2 Å². The van der Waals surface area contributed by atoms with E-state index in [1.165, 1.54) is 0 Å². The van der Waals surface area contributed by atoms with Gasteiger partial charge in [0.1, 0.15) is 5.75 Å². The Labute approximate surface area is 166 Å². The molecule has 28 heavy (non-hydrogen) atoms. The second-order valence-corrected chi connectivity index (χ2v) is 7.87. The molecule has 0 saturated heterocycles. The van der Waals surface area contributed by atoms with E-state index in [1.807, 2.05) is 19.1 Å². The Bertz CT molecular complexity index is 789. The van der Waals surface area contributed by atoms with Gasteiger partial charge in [0.05, 0.1) is 19.1 Å². The number of hydrogen-bond acceptors (Lipinski definition) is 3. The van der Waals surface area contributed by atoms with E-state index < -0.39 is 12.0 Å². The summed E-state index contributed by atoms with van der Waals surface area (Å²) in [5, 5.41) is 12.1. The first-order valence-electron chi connectivity index (χ1n) is 9.56. The molecule has 0 aliphatic carbocycles. The molecule has 150 valence electrons. The van der Waals surface area contributed by atoms with Gasteiger partial charge in [0.15, 0.2) is 0 Å². The SMILES string of the molecule is CCCOc1ccc([C@@H](CC(=O)O)NC(=O)c2ccc(C(C)(C)C)cc2)cc1. The van der Waals surface area contributed by atoms with Crippen LogP contribution in [0.1, 0.15) is 68.1 Å². The normalized spacial score (nSPS) is 12.3. The van der Waals surface area contributed by atoms with Crippen molar-refractivity contribution < 1.29 is 19.4 Å². The van der Waals surface area contributed by atoms with Gasteiger partial charge in [0.25, 0.3) is 5.91 Å². The zero-order valence-corrected chi connectivity index (χ0v) is 17.0. The van der Waals surface area contributed by atoms with Crippen LogP contribution in [0.15, 0.2) is 48.5 Å². The fourth-order valence-electron chi connectivity index (χ4n) is 2.81. The van der Waals surface area contributed by atoms with Crippen LogP contribution >= 0.6 is 0 Å². The summed E-state index contributed by atoms with van der Waals surface area (Å²) in [6.07, 6.45) is 0.717. The summed E-state index contributed by atoms with van der Waals surface area (Å²) in [5.41, 5.74) is 2.37. The molecule has 2 aromatic rings. The molecule has 0 aliphatic rings. The molecule has 0 radical (unpaired) electrons. The quantitative estimate of drug-likeness (QED) is 0.692. The number of nitrogens with one attached hydrogen (secondary N) is 1. The van der Waals surface area contributed by atoms with Gasteiger partial charge in [-0.25, -0.2) is 0 Å². The third-order valence-electron chi connectivity index (χ3n) is 4.45. The lowest BCUT2D eigenvalue weighted by atomic mass is 9.86. The highest BCUT2D eigenvalue weighted by atomic mass is 16.5. The second kappa shape index (κ2) is 9.40. The predicted octanol–water partition coefficient (Wildman–Crippen LogP) is 4.72. The number of amides is 1. The summed E-state index contributed by atoms with van der Waals surface area (Å²) in [6, 6.07) is 14.0. The Morgan fingerprint density at radius 1 is 1.04 bits per heavy atom. The highest BCUT2D eigenvalue weighted by molar-refractivity contribution is 5.94. The second-order valence-electron chi connectivity index (χ2n) is 7.87. The molecule has 5 nitrogen and oxygen atoms in total. The average molecular weight is 383 g/mol. The third-order valence-corrected chi connectivity index (χ3v) is 4.45. The minimum Gasteiger partial charge on any atom is -0.494 e. The molecule has 0 aliphatic heterocycles. The van der Waals surface area contributed by atoms with Crippen molar-refractivity contribution in [1.29, 1.82) is 0 Å². The van der Waals surface area contributed by atoms with Gasteiger partial charge < -0.3 is 15.2 Å².